The Morgan fingerprint density at radius 3 is 2.22 bits per heavy atom. The quantitative estimate of drug-likeness (QED) is 0.824. The first kappa shape index (κ1) is 15.5. The lowest BCUT2D eigenvalue weighted by Crippen LogP contribution is -2.46. The maximum Gasteiger partial charge on any atom is 0.226 e. The number of aliphatic hydroxyl groups excluding tert-OH is 1. The number of hydrogen-bond acceptors (Lipinski definition) is 2. The topological polar surface area (TPSA) is 40.5 Å². The molecule has 0 aromatic carbocycles. The maximum absolute atomic E-state index is 12.6. The SMILES string of the molecule is CC(O)[C@@H]1CC(C)(C)CN1C(=O)[C@@H](C)C(C)(C)C. The van der Waals surface area contributed by atoms with Gasteiger partial charge in [0.25, 0.3) is 0 Å². The van der Waals surface area contributed by atoms with E-state index in [9.17, 15) is 9.90 Å². The first-order valence-electron chi connectivity index (χ1n) is 6.94. The first-order valence-corrected chi connectivity index (χ1v) is 6.94. The number of carbonyl (C=O) groups is 1. The second-order valence-corrected chi connectivity index (χ2v) is 7.73. The van der Waals surface area contributed by atoms with Gasteiger partial charge in [-0.25, -0.2) is 0 Å². The minimum absolute atomic E-state index is 0.0207. The predicted octanol–water partition coefficient (Wildman–Crippen LogP) is 2.68. The van der Waals surface area contributed by atoms with Crippen LogP contribution in [0, 0.1) is 16.7 Å². The minimum atomic E-state index is -0.456. The van der Waals surface area contributed by atoms with Gasteiger partial charge in [-0.15, -0.1) is 0 Å². The number of hydrogen-bond donors (Lipinski definition) is 1. The van der Waals surface area contributed by atoms with Gasteiger partial charge in [-0.3, -0.25) is 4.79 Å². The highest BCUT2D eigenvalue weighted by Crippen LogP contribution is 2.38. The molecule has 0 saturated carbocycles. The van der Waals surface area contributed by atoms with Crippen molar-refractivity contribution in [2.24, 2.45) is 16.7 Å². The Hall–Kier alpha value is -0.570. The highest BCUT2D eigenvalue weighted by atomic mass is 16.3. The molecule has 3 atom stereocenters. The van der Waals surface area contributed by atoms with Gasteiger partial charge in [-0.2, -0.15) is 0 Å². The second-order valence-electron chi connectivity index (χ2n) is 7.73. The molecule has 106 valence electrons. The molecule has 18 heavy (non-hydrogen) atoms. The van der Waals surface area contributed by atoms with Crippen molar-refractivity contribution in [3.05, 3.63) is 0 Å². The first-order chi connectivity index (χ1) is 7.96. The average molecular weight is 255 g/mol. The van der Waals surface area contributed by atoms with Gasteiger partial charge in [0.05, 0.1) is 12.1 Å². The Morgan fingerprint density at radius 1 is 1.33 bits per heavy atom. The van der Waals surface area contributed by atoms with Crippen LogP contribution in [-0.4, -0.2) is 34.6 Å². The van der Waals surface area contributed by atoms with Crippen LogP contribution in [0.3, 0.4) is 0 Å². The number of nitrogens with zero attached hydrogens (tertiary/aromatic N) is 1. The Bertz CT molecular complexity index is 315. The summed E-state index contributed by atoms with van der Waals surface area (Å²) >= 11 is 0. The van der Waals surface area contributed by atoms with E-state index in [1.165, 1.54) is 0 Å². The number of rotatable bonds is 2. The highest BCUT2D eigenvalue weighted by molar-refractivity contribution is 5.80. The summed E-state index contributed by atoms with van der Waals surface area (Å²) < 4.78 is 0. The third-order valence-electron chi connectivity index (χ3n) is 4.27. The molecule has 0 spiro atoms. The zero-order chi connectivity index (χ0) is 14.3. The Kier molecular flexibility index (Phi) is 4.16. The summed E-state index contributed by atoms with van der Waals surface area (Å²) in [6.45, 7) is 15.1. The van der Waals surface area contributed by atoms with Crippen molar-refractivity contribution in [1.82, 2.24) is 4.90 Å². The molecular weight excluding hydrogens is 226 g/mol. The number of amides is 1. The molecule has 1 heterocycles. The maximum atomic E-state index is 12.6. The summed E-state index contributed by atoms with van der Waals surface area (Å²) in [5.74, 6) is 0.159. The smallest absolute Gasteiger partial charge is 0.226 e. The molecule has 1 N–H and O–H groups in total. The molecule has 1 aliphatic heterocycles. The molecule has 1 fully saturated rings. The fourth-order valence-corrected chi connectivity index (χ4v) is 2.61. The van der Waals surface area contributed by atoms with E-state index in [2.05, 4.69) is 34.6 Å². The minimum Gasteiger partial charge on any atom is -0.391 e. The average Bonchev–Trinajstić information content (AvgIpc) is 2.51. The van der Waals surface area contributed by atoms with Gasteiger partial charge in [0, 0.05) is 12.5 Å². The molecule has 3 nitrogen and oxygen atoms in total. The van der Waals surface area contributed by atoms with Crippen molar-refractivity contribution in [1.29, 1.82) is 0 Å². The standard InChI is InChI=1S/C15H29NO2/c1-10(14(3,4)5)13(18)16-9-15(6,7)8-12(16)11(2)17/h10-12,17H,8-9H2,1-7H3/t10-,11?,12+/m1/s1. The highest BCUT2D eigenvalue weighted by Gasteiger charge is 2.44. The van der Waals surface area contributed by atoms with Crippen LogP contribution in [0.15, 0.2) is 0 Å². The van der Waals surface area contributed by atoms with Crippen LogP contribution in [0.2, 0.25) is 0 Å². The van der Waals surface area contributed by atoms with Crippen LogP contribution in [0.1, 0.15) is 54.9 Å². The monoisotopic (exact) mass is 255 g/mol. The van der Waals surface area contributed by atoms with E-state index in [0.29, 0.717) is 0 Å². The molecule has 0 radical (unpaired) electrons. The van der Waals surface area contributed by atoms with Crippen LogP contribution in [0.5, 0.6) is 0 Å². The van der Waals surface area contributed by atoms with E-state index in [4.69, 9.17) is 0 Å². The Balaban J connectivity index is 2.90. The molecule has 0 bridgehead atoms. The molecule has 0 aromatic rings. The van der Waals surface area contributed by atoms with Gasteiger partial charge in [-0.1, -0.05) is 41.5 Å². The fourth-order valence-electron chi connectivity index (χ4n) is 2.61. The van der Waals surface area contributed by atoms with Crippen LogP contribution >= 0.6 is 0 Å². The molecule has 3 heteroatoms. The van der Waals surface area contributed by atoms with Crippen molar-refractivity contribution < 1.29 is 9.90 Å². The summed E-state index contributed by atoms with van der Waals surface area (Å²) in [7, 11) is 0. The van der Waals surface area contributed by atoms with Crippen LogP contribution < -0.4 is 0 Å². The van der Waals surface area contributed by atoms with Gasteiger partial charge in [0.2, 0.25) is 5.91 Å². The molecule has 1 unspecified atom stereocenters. The van der Waals surface area contributed by atoms with Crippen molar-refractivity contribution in [3.63, 3.8) is 0 Å². The van der Waals surface area contributed by atoms with Gasteiger partial charge >= 0.3 is 0 Å². The Morgan fingerprint density at radius 2 is 1.83 bits per heavy atom. The zero-order valence-corrected chi connectivity index (χ0v) is 12.9. The van der Waals surface area contributed by atoms with E-state index in [1.54, 1.807) is 6.92 Å². The van der Waals surface area contributed by atoms with Crippen molar-refractivity contribution in [2.45, 2.75) is 67.0 Å². The summed E-state index contributed by atoms with van der Waals surface area (Å²) in [5.41, 5.74) is 0.0714. The summed E-state index contributed by atoms with van der Waals surface area (Å²) in [5, 5.41) is 9.89. The lowest BCUT2D eigenvalue weighted by molar-refractivity contribution is -0.141. The lowest BCUT2D eigenvalue weighted by atomic mass is 9.81. The zero-order valence-electron chi connectivity index (χ0n) is 12.9. The van der Waals surface area contributed by atoms with Crippen LogP contribution in [0.25, 0.3) is 0 Å². The summed E-state index contributed by atoms with van der Waals surface area (Å²) in [6.07, 6.45) is 0.427. The molecule has 1 aliphatic rings. The number of carbonyl (C=O) groups excluding carboxylic acids is 1. The van der Waals surface area contributed by atoms with Crippen LogP contribution in [-0.2, 0) is 4.79 Å². The van der Waals surface area contributed by atoms with Gasteiger partial charge < -0.3 is 10.0 Å². The van der Waals surface area contributed by atoms with E-state index in [1.807, 2.05) is 11.8 Å². The second kappa shape index (κ2) is 4.84. The summed E-state index contributed by atoms with van der Waals surface area (Å²) in [6, 6.07) is -0.0303. The van der Waals surface area contributed by atoms with E-state index in [-0.39, 0.29) is 28.7 Å². The Labute approximate surface area is 112 Å². The third kappa shape index (κ3) is 3.25. The van der Waals surface area contributed by atoms with Crippen molar-refractivity contribution >= 4 is 5.91 Å². The van der Waals surface area contributed by atoms with Gasteiger partial charge in [0.15, 0.2) is 0 Å². The normalized spacial score (nSPS) is 27.1. The lowest BCUT2D eigenvalue weighted by Gasteiger charge is -2.34. The largest absolute Gasteiger partial charge is 0.391 e. The van der Waals surface area contributed by atoms with E-state index >= 15 is 0 Å². The van der Waals surface area contributed by atoms with E-state index in [0.717, 1.165) is 13.0 Å². The van der Waals surface area contributed by atoms with Crippen LogP contribution in [0.4, 0.5) is 0 Å². The molecule has 1 amide bonds. The van der Waals surface area contributed by atoms with Gasteiger partial charge in [-0.05, 0) is 24.2 Å². The molecule has 0 aliphatic carbocycles. The fraction of sp³-hybridized carbons (Fsp3) is 0.933. The molecule has 1 rings (SSSR count). The predicted molar refractivity (Wildman–Crippen MR) is 74.2 cm³/mol. The molecular formula is C15H29NO2. The number of aliphatic hydroxyl groups is 1. The van der Waals surface area contributed by atoms with E-state index < -0.39 is 6.10 Å². The van der Waals surface area contributed by atoms with Crippen molar-refractivity contribution in [2.75, 3.05) is 6.54 Å². The summed E-state index contributed by atoms with van der Waals surface area (Å²) in [4.78, 5) is 14.5. The molecule has 0 aromatic heterocycles. The number of likely N-dealkylation sites (tertiary alicyclic amines) is 1. The van der Waals surface area contributed by atoms with Crippen molar-refractivity contribution in [3.8, 4) is 0 Å². The van der Waals surface area contributed by atoms with Gasteiger partial charge in [0.1, 0.15) is 0 Å². The molecule has 1 saturated heterocycles. The third-order valence-corrected chi connectivity index (χ3v) is 4.27.